The van der Waals surface area contributed by atoms with Gasteiger partial charge in [0.05, 0.1) is 5.71 Å². The maximum atomic E-state index is 4.76. The van der Waals surface area contributed by atoms with Crippen LogP contribution in [0.4, 0.5) is 11.4 Å². The van der Waals surface area contributed by atoms with E-state index in [2.05, 4.69) is 143 Å². The van der Waals surface area contributed by atoms with Crippen molar-refractivity contribution in [2.75, 3.05) is 42.5 Å². The van der Waals surface area contributed by atoms with Crippen LogP contribution in [-0.2, 0) is 0 Å². The van der Waals surface area contributed by atoms with E-state index in [1.165, 1.54) is 51.2 Å². The third-order valence-electron chi connectivity index (χ3n) is 7.07. The minimum Gasteiger partial charge on any atom is -0.372 e. The number of hydrogen-bond acceptors (Lipinski definition) is 3. The number of aliphatic imine (C=N–C) groups is 1. The predicted octanol–water partition coefficient (Wildman–Crippen LogP) is 9.13. The number of allylic oxidation sites excluding steroid dienone is 3. The van der Waals surface area contributed by atoms with Crippen LogP contribution >= 0.6 is 0 Å². The highest BCUT2D eigenvalue weighted by Gasteiger charge is 2.20. The van der Waals surface area contributed by atoms with Crippen molar-refractivity contribution in [3.05, 3.63) is 107 Å². The molecule has 0 saturated carbocycles. The zero-order chi connectivity index (χ0) is 28.2. The Morgan fingerprint density at radius 1 is 0.564 bits per heavy atom. The average Bonchev–Trinajstić information content (AvgIpc) is 2.97. The number of nitrogens with zero attached hydrogens (tertiary/aromatic N) is 3. The number of anilines is 2. The first-order chi connectivity index (χ1) is 19.1. The first kappa shape index (κ1) is 30.0. The van der Waals surface area contributed by atoms with E-state index in [0.717, 1.165) is 38.4 Å². The number of benzene rings is 3. The van der Waals surface area contributed by atoms with E-state index in [4.69, 9.17) is 4.99 Å². The topological polar surface area (TPSA) is 18.8 Å². The standard InChI is InChI=1S/C33H39N3.C3H8/c1-6-34-32-24-23-31(29-13-11-12-14-30(29)32)33(25-15-19-27(20-16-25)35(7-2)8-3)26-17-21-28(22-18-26)36(9-4)10-5;1-3-2/h11-24H,6-10H2,1-5H3;3H2,1-2H3. The number of fused-ring (bicyclic) bond motifs is 1. The zero-order valence-electron chi connectivity index (χ0n) is 25.2. The summed E-state index contributed by atoms with van der Waals surface area (Å²) in [4.78, 5) is 9.54. The molecule has 0 aromatic heterocycles. The van der Waals surface area contributed by atoms with E-state index < -0.39 is 0 Å². The van der Waals surface area contributed by atoms with Crippen LogP contribution in [0.25, 0.3) is 11.1 Å². The number of hydrogen-bond donors (Lipinski definition) is 0. The van der Waals surface area contributed by atoms with Crippen LogP contribution in [0, 0.1) is 0 Å². The third-order valence-corrected chi connectivity index (χ3v) is 7.07. The monoisotopic (exact) mass is 521 g/mol. The average molecular weight is 522 g/mol. The van der Waals surface area contributed by atoms with Gasteiger partial charge in [0.1, 0.15) is 0 Å². The van der Waals surface area contributed by atoms with Gasteiger partial charge in [-0.2, -0.15) is 0 Å². The molecular formula is C36H47N3. The van der Waals surface area contributed by atoms with Crippen LogP contribution in [0.2, 0.25) is 0 Å². The molecule has 0 heterocycles. The quantitative estimate of drug-likeness (QED) is 0.279. The summed E-state index contributed by atoms with van der Waals surface area (Å²) in [7, 11) is 0. The van der Waals surface area contributed by atoms with Gasteiger partial charge in [-0.05, 0) is 92.8 Å². The summed E-state index contributed by atoms with van der Waals surface area (Å²) in [6.45, 7) is 20.0. The lowest BCUT2D eigenvalue weighted by Crippen LogP contribution is -2.21. The molecule has 0 aliphatic heterocycles. The number of rotatable bonds is 9. The Balaban J connectivity index is 0.00000134. The van der Waals surface area contributed by atoms with Gasteiger partial charge in [0.15, 0.2) is 0 Å². The fraction of sp³-hybridized carbons (Fsp3) is 0.361. The second-order valence-corrected chi connectivity index (χ2v) is 9.67. The highest BCUT2D eigenvalue weighted by Crippen LogP contribution is 2.38. The summed E-state index contributed by atoms with van der Waals surface area (Å²) < 4.78 is 0. The van der Waals surface area contributed by atoms with Gasteiger partial charge in [-0.15, -0.1) is 0 Å². The van der Waals surface area contributed by atoms with Crippen LogP contribution in [0.5, 0.6) is 0 Å². The molecule has 1 aliphatic carbocycles. The summed E-state index contributed by atoms with van der Waals surface area (Å²) in [6.07, 6.45) is 5.68. The van der Waals surface area contributed by atoms with Gasteiger partial charge in [-0.25, -0.2) is 0 Å². The smallest absolute Gasteiger partial charge is 0.0652 e. The molecule has 0 amide bonds. The molecule has 3 heteroatoms. The van der Waals surface area contributed by atoms with Crippen LogP contribution in [0.15, 0.2) is 89.9 Å². The summed E-state index contributed by atoms with van der Waals surface area (Å²) in [5, 5.41) is 0. The largest absolute Gasteiger partial charge is 0.372 e. The Hall–Kier alpha value is -3.59. The van der Waals surface area contributed by atoms with Crippen molar-refractivity contribution < 1.29 is 0 Å². The molecule has 3 aromatic carbocycles. The van der Waals surface area contributed by atoms with Crippen molar-refractivity contribution in [1.82, 2.24) is 0 Å². The Morgan fingerprint density at radius 3 is 1.41 bits per heavy atom. The molecule has 0 unspecified atom stereocenters. The minimum absolute atomic E-state index is 0.777. The van der Waals surface area contributed by atoms with Crippen LogP contribution in [-0.4, -0.2) is 38.4 Å². The Morgan fingerprint density at radius 2 is 1.00 bits per heavy atom. The Kier molecular flexibility index (Phi) is 11.6. The maximum absolute atomic E-state index is 4.76. The molecule has 3 aromatic rings. The van der Waals surface area contributed by atoms with Crippen molar-refractivity contribution in [1.29, 1.82) is 0 Å². The molecule has 39 heavy (non-hydrogen) atoms. The summed E-state index contributed by atoms with van der Waals surface area (Å²) >= 11 is 0. The van der Waals surface area contributed by atoms with Crippen LogP contribution in [0.3, 0.4) is 0 Å². The fourth-order valence-electron chi connectivity index (χ4n) is 5.14. The first-order valence-electron chi connectivity index (χ1n) is 14.8. The van der Waals surface area contributed by atoms with Crippen molar-refractivity contribution >= 4 is 28.2 Å². The van der Waals surface area contributed by atoms with Crippen LogP contribution in [0.1, 0.15) is 77.1 Å². The van der Waals surface area contributed by atoms with Gasteiger partial charge >= 0.3 is 0 Å². The highest BCUT2D eigenvalue weighted by atomic mass is 15.1. The van der Waals surface area contributed by atoms with Crippen molar-refractivity contribution in [3.8, 4) is 0 Å². The van der Waals surface area contributed by atoms with Gasteiger partial charge in [0, 0.05) is 49.7 Å². The fourth-order valence-corrected chi connectivity index (χ4v) is 5.14. The highest BCUT2D eigenvalue weighted by molar-refractivity contribution is 6.19. The maximum Gasteiger partial charge on any atom is 0.0652 e. The van der Waals surface area contributed by atoms with E-state index in [1.54, 1.807) is 0 Å². The van der Waals surface area contributed by atoms with Gasteiger partial charge < -0.3 is 9.80 Å². The van der Waals surface area contributed by atoms with Crippen molar-refractivity contribution in [3.63, 3.8) is 0 Å². The Labute approximate surface area is 237 Å². The molecule has 0 bridgehead atoms. The molecule has 206 valence electrons. The summed E-state index contributed by atoms with van der Waals surface area (Å²) in [5.74, 6) is 0. The summed E-state index contributed by atoms with van der Waals surface area (Å²) in [5.41, 5.74) is 11.0. The lowest BCUT2D eigenvalue weighted by molar-refractivity contribution is 0.866. The molecule has 3 nitrogen and oxygen atoms in total. The molecule has 0 fully saturated rings. The molecule has 0 saturated heterocycles. The van der Waals surface area contributed by atoms with Gasteiger partial charge in [0.2, 0.25) is 0 Å². The van der Waals surface area contributed by atoms with E-state index in [1.807, 2.05) is 0 Å². The van der Waals surface area contributed by atoms with Crippen molar-refractivity contribution in [2.24, 2.45) is 4.99 Å². The SMILES string of the molecule is CCC.CCN=C1C=CC(=C(c2ccc(N(CC)CC)cc2)c2ccc(N(CC)CC)cc2)c2ccccc21. The molecule has 4 rings (SSSR count). The third kappa shape index (κ3) is 7.09. The van der Waals surface area contributed by atoms with E-state index in [9.17, 15) is 0 Å². The zero-order valence-corrected chi connectivity index (χ0v) is 25.2. The van der Waals surface area contributed by atoms with Crippen LogP contribution < -0.4 is 9.80 Å². The second kappa shape index (κ2) is 15.1. The van der Waals surface area contributed by atoms with Crippen molar-refractivity contribution in [2.45, 2.75) is 54.9 Å². The molecule has 0 atom stereocenters. The summed E-state index contributed by atoms with van der Waals surface area (Å²) in [6, 6.07) is 26.8. The predicted molar refractivity (Wildman–Crippen MR) is 175 cm³/mol. The van der Waals surface area contributed by atoms with Gasteiger partial charge in [-0.3, -0.25) is 4.99 Å². The molecular weight excluding hydrogens is 474 g/mol. The van der Waals surface area contributed by atoms with E-state index in [-0.39, 0.29) is 0 Å². The molecule has 0 N–H and O–H groups in total. The molecule has 0 spiro atoms. The minimum atomic E-state index is 0.777. The normalized spacial score (nSPS) is 13.0. The van der Waals surface area contributed by atoms with Gasteiger partial charge in [-0.1, -0.05) is 74.9 Å². The molecule has 1 aliphatic rings. The van der Waals surface area contributed by atoms with E-state index in [0.29, 0.717) is 0 Å². The Bertz CT molecular complexity index is 1200. The van der Waals surface area contributed by atoms with Gasteiger partial charge in [0.25, 0.3) is 0 Å². The second-order valence-electron chi connectivity index (χ2n) is 9.67. The lowest BCUT2D eigenvalue weighted by atomic mass is 9.83. The van der Waals surface area contributed by atoms with E-state index >= 15 is 0 Å². The first-order valence-corrected chi connectivity index (χ1v) is 14.8. The molecule has 0 radical (unpaired) electrons. The lowest BCUT2D eigenvalue weighted by Gasteiger charge is -2.24.